The lowest BCUT2D eigenvalue weighted by molar-refractivity contribution is -0.142. The van der Waals surface area contributed by atoms with E-state index in [0.29, 0.717) is 30.9 Å². The van der Waals surface area contributed by atoms with E-state index in [1.165, 1.54) is 12.8 Å². The van der Waals surface area contributed by atoms with Crippen LogP contribution in [-0.2, 0) is 9.59 Å². The maximum absolute atomic E-state index is 13.1. The van der Waals surface area contributed by atoms with Crippen molar-refractivity contribution in [3.63, 3.8) is 0 Å². The molecule has 0 aromatic heterocycles. The van der Waals surface area contributed by atoms with Crippen LogP contribution in [0.3, 0.4) is 0 Å². The summed E-state index contributed by atoms with van der Waals surface area (Å²) in [5, 5.41) is 3.62. The predicted molar refractivity (Wildman–Crippen MR) is 102 cm³/mol. The largest absolute Gasteiger partial charge is 0.484 e. The van der Waals surface area contributed by atoms with Gasteiger partial charge in [0, 0.05) is 38.3 Å². The highest BCUT2D eigenvalue weighted by molar-refractivity contribution is 5.82. The topological polar surface area (TPSA) is 61.9 Å². The molecule has 0 saturated carbocycles. The molecule has 1 aromatic rings. The number of para-hydroxylation sites is 1. The first kappa shape index (κ1) is 18.3. The highest BCUT2D eigenvalue weighted by Gasteiger charge is 2.35. The van der Waals surface area contributed by atoms with Crippen LogP contribution in [0.4, 0.5) is 0 Å². The minimum atomic E-state index is -0.0731. The normalized spacial score (nSPS) is 27.9. The lowest BCUT2D eigenvalue weighted by Crippen LogP contribution is -2.49. The summed E-state index contributed by atoms with van der Waals surface area (Å²) in [5.74, 6) is 0.817. The Kier molecular flexibility index (Phi) is 5.62. The molecule has 0 aliphatic carbocycles. The number of rotatable bonds is 4. The number of carbonyl (C=O) groups excluding carboxylic acids is 2. The van der Waals surface area contributed by atoms with E-state index in [0.717, 1.165) is 32.4 Å². The summed E-state index contributed by atoms with van der Waals surface area (Å²) in [6, 6.07) is 10.4. The number of benzene rings is 1. The minimum Gasteiger partial charge on any atom is -0.484 e. The van der Waals surface area contributed by atoms with Gasteiger partial charge in [-0.05, 0) is 44.2 Å². The lowest BCUT2D eigenvalue weighted by atomic mass is 9.95. The van der Waals surface area contributed by atoms with E-state index in [-0.39, 0.29) is 24.3 Å². The van der Waals surface area contributed by atoms with Gasteiger partial charge in [-0.2, -0.15) is 0 Å². The number of nitrogens with zero attached hydrogens (tertiary/aromatic N) is 2. The predicted octanol–water partition coefficient (Wildman–Crippen LogP) is 1.66. The molecule has 1 N–H and O–H groups in total. The van der Waals surface area contributed by atoms with Crippen molar-refractivity contribution in [2.24, 2.45) is 5.92 Å². The van der Waals surface area contributed by atoms with Gasteiger partial charge in [0.2, 0.25) is 5.91 Å². The van der Waals surface area contributed by atoms with Crippen LogP contribution in [0.2, 0.25) is 0 Å². The fraction of sp³-hybridized carbons (Fsp3) is 0.619. The first-order valence-electron chi connectivity index (χ1n) is 10.2. The van der Waals surface area contributed by atoms with Gasteiger partial charge in [0.25, 0.3) is 5.91 Å². The molecule has 3 aliphatic heterocycles. The van der Waals surface area contributed by atoms with Crippen LogP contribution in [0.25, 0.3) is 0 Å². The molecule has 3 aliphatic rings. The fourth-order valence-corrected chi connectivity index (χ4v) is 4.56. The first-order valence-corrected chi connectivity index (χ1v) is 10.2. The molecule has 3 fully saturated rings. The molecule has 2 amide bonds. The number of hydrogen-bond acceptors (Lipinski definition) is 4. The van der Waals surface area contributed by atoms with Crippen LogP contribution >= 0.6 is 0 Å². The molecule has 1 aromatic carbocycles. The average molecular weight is 371 g/mol. The standard InChI is InChI=1S/C21H29N3O3/c25-20(15-27-19-6-2-1-3-7-19)23-11-4-5-16(13-23)21(26)24-12-10-17-8-9-18(14-24)22-17/h1-3,6-7,16-18,22H,4-5,8-15H2. The summed E-state index contributed by atoms with van der Waals surface area (Å²) in [5.41, 5.74) is 0. The van der Waals surface area contributed by atoms with Crippen molar-refractivity contribution in [1.82, 2.24) is 15.1 Å². The van der Waals surface area contributed by atoms with Crippen LogP contribution < -0.4 is 10.1 Å². The summed E-state index contributed by atoms with van der Waals surface area (Å²) in [6.07, 6.45) is 5.20. The van der Waals surface area contributed by atoms with Crippen LogP contribution in [0.5, 0.6) is 5.75 Å². The molecule has 3 unspecified atom stereocenters. The van der Waals surface area contributed by atoms with Crippen molar-refractivity contribution in [1.29, 1.82) is 0 Å². The zero-order valence-corrected chi connectivity index (χ0v) is 15.8. The lowest BCUT2D eigenvalue weighted by Gasteiger charge is -2.35. The molecule has 3 atom stereocenters. The Labute approximate surface area is 160 Å². The van der Waals surface area contributed by atoms with Crippen molar-refractivity contribution >= 4 is 11.8 Å². The zero-order chi connectivity index (χ0) is 18.6. The third-order valence-corrected chi connectivity index (χ3v) is 6.06. The number of fused-ring (bicyclic) bond motifs is 2. The molecule has 0 radical (unpaired) electrons. The van der Waals surface area contributed by atoms with Gasteiger partial charge in [-0.3, -0.25) is 9.59 Å². The highest BCUT2D eigenvalue weighted by atomic mass is 16.5. The van der Waals surface area contributed by atoms with Gasteiger partial charge in [0.15, 0.2) is 6.61 Å². The third kappa shape index (κ3) is 4.43. The Morgan fingerprint density at radius 3 is 2.63 bits per heavy atom. The van der Waals surface area contributed by atoms with E-state index >= 15 is 0 Å². The molecule has 3 heterocycles. The summed E-state index contributed by atoms with van der Waals surface area (Å²) >= 11 is 0. The number of amides is 2. The number of ether oxygens (including phenoxy) is 1. The van der Waals surface area contributed by atoms with Gasteiger partial charge in [-0.25, -0.2) is 0 Å². The third-order valence-electron chi connectivity index (χ3n) is 6.06. The molecule has 27 heavy (non-hydrogen) atoms. The van der Waals surface area contributed by atoms with Crippen molar-refractivity contribution in [3.05, 3.63) is 30.3 Å². The summed E-state index contributed by atoms with van der Waals surface area (Å²) < 4.78 is 5.59. The molecular formula is C21H29N3O3. The van der Waals surface area contributed by atoms with Crippen molar-refractivity contribution in [2.75, 3.05) is 32.8 Å². The van der Waals surface area contributed by atoms with Gasteiger partial charge in [-0.15, -0.1) is 0 Å². The number of carbonyl (C=O) groups is 2. The van der Waals surface area contributed by atoms with Crippen LogP contribution in [0.1, 0.15) is 32.1 Å². The number of nitrogens with one attached hydrogen (secondary N) is 1. The number of likely N-dealkylation sites (tertiary alicyclic amines) is 2. The monoisotopic (exact) mass is 371 g/mol. The SMILES string of the molecule is O=C(COc1ccccc1)N1CCCC(C(=O)N2CCC3CCC(C2)N3)C1. The second kappa shape index (κ2) is 8.30. The first-order chi connectivity index (χ1) is 13.2. The molecule has 3 saturated heterocycles. The van der Waals surface area contributed by atoms with E-state index in [2.05, 4.69) is 5.32 Å². The Morgan fingerprint density at radius 1 is 0.963 bits per heavy atom. The molecule has 6 heteroatoms. The molecular weight excluding hydrogens is 342 g/mol. The minimum absolute atomic E-state index is 0.0301. The summed E-state index contributed by atoms with van der Waals surface area (Å²) in [4.78, 5) is 29.4. The van der Waals surface area contributed by atoms with Crippen LogP contribution in [0, 0.1) is 5.92 Å². The fourth-order valence-electron chi connectivity index (χ4n) is 4.56. The van der Waals surface area contributed by atoms with Crippen LogP contribution in [-0.4, -0.2) is 66.5 Å². The average Bonchev–Trinajstić information content (AvgIpc) is 3.05. The maximum Gasteiger partial charge on any atom is 0.260 e. The van der Waals surface area contributed by atoms with E-state index in [9.17, 15) is 9.59 Å². The Morgan fingerprint density at radius 2 is 1.78 bits per heavy atom. The maximum atomic E-state index is 13.1. The Balaban J connectivity index is 1.30. The van der Waals surface area contributed by atoms with E-state index < -0.39 is 0 Å². The van der Waals surface area contributed by atoms with E-state index in [1.807, 2.05) is 35.2 Å². The highest BCUT2D eigenvalue weighted by Crippen LogP contribution is 2.24. The Bertz CT molecular complexity index is 666. The molecule has 146 valence electrons. The molecule has 6 nitrogen and oxygen atoms in total. The van der Waals surface area contributed by atoms with Crippen molar-refractivity contribution in [2.45, 2.75) is 44.2 Å². The molecule has 4 rings (SSSR count). The number of piperidine rings is 1. The summed E-state index contributed by atoms with van der Waals surface area (Å²) in [7, 11) is 0. The van der Waals surface area contributed by atoms with Gasteiger partial charge < -0.3 is 19.9 Å². The smallest absolute Gasteiger partial charge is 0.260 e. The van der Waals surface area contributed by atoms with Gasteiger partial charge >= 0.3 is 0 Å². The summed E-state index contributed by atoms with van der Waals surface area (Å²) in [6.45, 7) is 2.93. The van der Waals surface area contributed by atoms with E-state index in [1.54, 1.807) is 4.90 Å². The quantitative estimate of drug-likeness (QED) is 0.874. The van der Waals surface area contributed by atoms with Crippen molar-refractivity contribution in [3.8, 4) is 5.75 Å². The molecule has 2 bridgehead atoms. The second-order valence-electron chi connectivity index (χ2n) is 7.99. The van der Waals surface area contributed by atoms with E-state index in [4.69, 9.17) is 4.74 Å². The Hall–Kier alpha value is -2.08. The zero-order valence-electron chi connectivity index (χ0n) is 15.8. The molecule has 0 spiro atoms. The van der Waals surface area contributed by atoms with Crippen LogP contribution in [0.15, 0.2) is 30.3 Å². The van der Waals surface area contributed by atoms with Gasteiger partial charge in [-0.1, -0.05) is 18.2 Å². The second-order valence-corrected chi connectivity index (χ2v) is 7.99. The van der Waals surface area contributed by atoms with Gasteiger partial charge in [0.1, 0.15) is 5.75 Å². The van der Waals surface area contributed by atoms with Gasteiger partial charge in [0.05, 0.1) is 5.92 Å². The number of hydrogen-bond donors (Lipinski definition) is 1. The van der Waals surface area contributed by atoms with Crippen molar-refractivity contribution < 1.29 is 14.3 Å².